The van der Waals surface area contributed by atoms with Crippen LogP contribution in [-0.4, -0.2) is 44.1 Å². The summed E-state index contributed by atoms with van der Waals surface area (Å²) >= 11 is 7.44. The highest BCUT2D eigenvalue weighted by atomic mass is 35.5. The lowest BCUT2D eigenvalue weighted by Gasteiger charge is -2.23. The summed E-state index contributed by atoms with van der Waals surface area (Å²) in [6.07, 6.45) is 5.09. The normalized spacial score (nSPS) is 15.4. The number of anilines is 1. The number of carbonyl (C=O) groups is 2. The van der Waals surface area contributed by atoms with E-state index in [9.17, 15) is 9.59 Å². The number of nitrogens with zero attached hydrogens (tertiary/aromatic N) is 4. The molecule has 9 heteroatoms. The number of hydrogen-bond donors (Lipinski definition) is 1. The maximum Gasteiger partial charge on any atom is 0.248 e. The number of nitrogens with one attached hydrogen (secondary N) is 1. The van der Waals surface area contributed by atoms with Gasteiger partial charge in [0.1, 0.15) is 6.04 Å². The molecule has 0 aliphatic carbocycles. The van der Waals surface area contributed by atoms with Crippen LogP contribution in [0.25, 0.3) is 16.9 Å². The SMILES string of the molecule is O=C(Nc1nccs1)C1CCCN1C(=O)Cc1cn(-c2ccccc2)nc1-c1ccc(Cl)cc1. The van der Waals surface area contributed by atoms with Crippen molar-refractivity contribution in [1.29, 1.82) is 0 Å². The molecule has 1 atom stereocenters. The van der Waals surface area contributed by atoms with Crippen molar-refractivity contribution in [2.24, 2.45) is 0 Å². The maximum absolute atomic E-state index is 13.4. The highest BCUT2D eigenvalue weighted by Crippen LogP contribution is 2.27. The minimum Gasteiger partial charge on any atom is -0.330 e. The predicted molar refractivity (Wildman–Crippen MR) is 133 cm³/mol. The molecule has 4 aromatic rings. The van der Waals surface area contributed by atoms with Gasteiger partial charge in [-0.15, -0.1) is 11.3 Å². The van der Waals surface area contributed by atoms with Gasteiger partial charge in [-0.25, -0.2) is 9.67 Å². The van der Waals surface area contributed by atoms with Crippen molar-refractivity contribution in [1.82, 2.24) is 19.7 Å². The molecule has 1 aliphatic heterocycles. The molecule has 0 saturated carbocycles. The number of amides is 2. The van der Waals surface area contributed by atoms with Crippen molar-refractivity contribution in [2.75, 3.05) is 11.9 Å². The molecule has 172 valence electrons. The van der Waals surface area contributed by atoms with Crippen molar-refractivity contribution in [3.8, 4) is 16.9 Å². The van der Waals surface area contributed by atoms with Gasteiger partial charge in [-0.1, -0.05) is 41.9 Å². The zero-order valence-corrected chi connectivity index (χ0v) is 19.8. The number of thiazole rings is 1. The molecule has 2 aromatic heterocycles. The first-order chi connectivity index (χ1) is 16.6. The molecule has 1 saturated heterocycles. The number of para-hydroxylation sites is 1. The summed E-state index contributed by atoms with van der Waals surface area (Å²) in [4.78, 5) is 32.0. The van der Waals surface area contributed by atoms with Crippen molar-refractivity contribution in [3.63, 3.8) is 0 Å². The zero-order chi connectivity index (χ0) is 23.5. The Kier molecular flexibility index (Phi) is 6.42. The molecular formula is C25H22ClN5O2S. The maximum atomic E-state index is 13.4. The number of likely N-dealkylation sites (tertiary alicyclic amines) is 1. The molecule has 1 fully saturated rings. The first kappa shape index (κ1) is 22.3. The van der Waals surface area contributed by atoms with E-state index in [0.29, 0.717) is 23.1 Å². The summed E-state index contributed by atoms with van der Waals surface area (Å²) in [7, 11) is 0. The summed E-state index contributed by atoms with van der Waals surface area (Å²) in [5.41, 5.74) is 3.29. The zero-order valence-electron chi connectivity index (χ0n) is 18.2. The van der Waals surface area contributed by atoms with Gasteiger partial charge in [0.15, 0.2) is 5.13 Å². The van der Waals surface area contributed by atoms with Crippen molar-refractivity contribution >= 4 is 39.9 Å². The molecule has 2 amide bonds. The fourth-order valence-electron chi connectivity index (χ4n) is 4.18. The van der Waals surface area contributed by atoms with Crippen molar-refractivity contribution in [3.05, 3.63) is 83.0 Å². The summed E-state index contributed by atoms with van der Waals surface area (Å²) in [6, 6.07) is 16.7. The van der Waals surface area contributed by atoms with Crippen LogP contribution < -0.4 is 5.32 Å². The number of benzene rings is 2. The van der Waals surface area contributed by atoms with Gasteiger partial charge in [0.2, 0.25) is 11.8 Å². The fourth-order valence-corrected chi connectivity index (χ4v) is 4.84. The van der Waals surface area contributed by atoms with Gasteiger partial charge in [0.25, 0.3) is 0 Å². The molecule has 1 N–H and O–H groups in total. The summed E-state index contributed by atoms with van der Waals surface area (Å²) in [6.45, 7) is 0.553. The Balaban J connectivity index is 1.41. The van der Waals surface area contributed by atoms with Gasteiger partial charge in [0, 0.05) is 40.5 Å². The third kappa shape index (κ3) is 4.73. The summed E-state index contributed by atoms with van der Waals surface area (Å²) in [5.74, 6) is -0.293. The minimum absolute atomic E-state index is 0.0976. The molecular weight excluding hydrogens is 470 g/mol. The van der Waals surface area contributed by atoms with Crippen LogP contribution in [0, 0.1) is 0 Å². The van der Waals surface area contributed by atoms with E-state index in [-0.39, 0.29) is 18.2 Å². The number of halogens is 1. The molecule has 1 unspecified atom stereocenters. The molecule has 1 aliphatic rings. The van der Waals surface area contributed by atoms with Crippen LogP contribution in [0.5, 0.6) is 0 Å². The Morgan fingerprint density at radius 3 is 2.65 bits per heavy atom. The van der Waals surface area contributed by atoms with Crippen LogP contribution in [0.1, 0.15) is 18.4 Å². The largest absolute Gasteiger partial charge is 0.330 e. The van der Waals surface area contributed by atoms with Crippen LogP contribution in [0.2, 0.25) is 5.02 Å². The lowest BCUT2D eigenvalue weighted by atomic mass is 10.1. The van der Waals surface area contributed by atoms with Gasteiger partial charge in [-0.3, -0.25) is 9.59 Å². The Labute approximate surface area is 206 Å². The van der Waals surface area contributed by atoms with Gasteiger partial charge in [-0.2, -0.15) is 5.10 Å². The Bertz CT molecular complexity index is 1290. The molecule has 2 aromatic carbocycles. The lowest BCUT2D eigenvalue weighted by molar-refractivity contribution is -0.136. The van der Waals surface area contributed by atoms with Gasteiger partial charge < -0.3 is 10.2 Å². The van der Waals surface area contributed by atoms with Crippen LogP contribution in [0.4, 0.5) is 5.13 Å². The summed E-state index contributed by atoms with van der Waals surface area (Å²) < 4.78 is 1.78. The van der Waals surface area contributed by atoms with E-state index in [1.165, 1.54) is 11.3 Å². The Hall–Kier alpha value is -3.49. The number of rotatable bonds is 6. The first-order valence-electron chi connectivity index (χ1n) is 11.0. The van der Waals surface area contributed by atoms with E-state index in [0.717, 1.165) is 28.9 Å². The van der Waals surface area contributed by atoms with Gasteiger partial charge in [-0.05, 0) is 37.1 Å². The third-order valence-electron chi connectivity index (χ3n) is 5.81. The molecule has 0 bridgehead atoms. The van der Waals surface area contributed by atoms with E-state index in [2.05, 4.69) is 10.3 Å². The van der Waals surface area contributed by atoms with Crippen molar-refractivity contribution < 1.29 is 9.59 Å². The molecule has 3 heterocycles. The van der Waals surface area contributed by atoms with Crippen LogP contribution in [0.3, 0.4) is 0 Å². The number of aromatic nitrogens is 3. The Morgan fingerprint density at radius 1 is 1.12 bits per heavy atom. The highest BCUT2D eigenvalue weighted by Gasteiger charge is 2.34. The predicted octanol–water partition coefficient (Wildman–Crippen LogP) is 4.82. The van der Waals surface area contributed by atoms with E-state index >= 15 is 0 Å². The number of hydrogen-bond acceptors (Lipinski definition) is 5. The molecule has 7 nitrogen and oxygen atoms in total. The van der Waals surface area contributed by atoms with Gasteiger partial charge >= 0.3 is 0 Å². The quantitative estimate of drug-likeness (QED) is 0.419. The standard InChI is InChI=1S/C25H22ClN5O2S/c26-19-10-8-17(9-11-19)23-18(16-31(29-23)20-5-2-1-3-6-20)15-22(32)30-13-4-7-21(30)24(33)28-25-27-12-14-34-25/h1-3,5-6,8-12,14,16,21H,4,7,13,15H2,(H,27,28,33). The molecule has 0 radical (unpaired) electrons. The monoisotopic (exact) mass is 491 g/mol. The van der Waals surface area contributed by atoms with Crippen LogP contribution in [-0.2, 0) is 16.0 Å². The fraction of sp³-hybridized carbons (Fsp3) is 0.200. The van der Waals surface area contributed by atoms with E-state index in [4.69, 9.17) is 16.7 Å². The first-order valence-corrected chi connectivity index (χ1v) is 12.2. The second kappa shape index (κ2) is 9.79. The van der Waals surface area contributed by atoms with E-state index in [1.54, 1.807) is 21.2 Å². The lowest BCUT2D eigenvalue weighted by Crippen LogP contribution is -2.43. The minimum atomic E-state index is -0.500. The molecule has 5 rings (SSSR count). The average molecular weight is 492 g/mol. The average Bonchev–Trinajstić information content (AvgIpc) is 3.61. The highest BCUT2D eigenvalue weighted by molar-refractivity contribution is 7.13. The molecule has 34 heavy (non-hydrogen) atoms. The third-order valence-corrected chi connectivity index (χ3v) is 6.75. The smallest absolute Gasteiger partial charge is 0.248 e. The topological polar surface area (TPSA) is 80.1 Å². The van der Waals surface area contributed by atoms with Gasteiger partial charge in [0.05, 0.1) is 17.8 Å². The van der Waals surface area contributed by atoms with Crippen LogP contribution in [0.15, 0.2) is 72.4 Å². The van der Waals surface area contributed by atoms with Crippen LogP contribution >= 0.6 is 22.9 Å². The second-order valence-electron chi connectivity index (χ2n) is 8.04. The second-order valence-corrected chi connectivity index (χ2v) is 9.37. The van der Waals surface area contributed by atoms with E-state index in [1.807, 2.05) is 60.8 Å². The van der Waals surface area contributed by atoms with Crippen molar-refractivity contribution in [2.45, 2.75) is 25.3 Å². The number of carbonyl (C=O) groups excluding carboxylic acids is 2. The summed E-state index contributed by atoms with van der Waals surface area (Å²) in [5, 5.41) is 10.6. The Morgan fingerprint density at radius 2 is 1.91 bits per heavy atom. The molecule has 0 spiro atoms. The van der Waals surface area contributed by atoms with E-state index < -0.39 is 6.04 Å².